The van der Waals surface area contributed by atoms with Crippen LogP contribution in [0, 0.1) is 0 Å². The lowest BCUT2D eigenvalue weighted by molar-refractivity contribution is -0.685. The van der Waals surface area contributed by atoms with Gasteiger partial charge in [-0.3, -0.25) is 14.5 Å². The van der Waals surface area contributed by atoms with Gasteiger partial charge in [-0.2, -0.15) is 0 Å². The number of carbonyl (C=O) groups is 4. The second-order valence-electron chi connectivity index (χ2n) is 10.8. The van der Waals surface area contributed by atoms with Crippen molar-refractivity contribution in [2.24, 2.45) is 5.16 Å². The van der Waals surface area contributed by atoms with Crippen molar-refractivity contribution in [2.45, 2.75) is 24.1 Å². The summed E-state index contributed by atoms with van der Waals surface area (Å²) in [5.41, 5.74) is 5.32. The zero-order chi connectivity index (χ0) is 34.8. The largest absolute Gasteiger partial charge is 0.504 e. The molecule has 0 radical (unpaired) electrons. The van der Waals surface area contributed by atoms with E-state index >= 15 is 0 Å². The topological polar surface area (TPSA) is 229 Å². The second kappa shape index (κ2) is 13.7. The van der Waals surface area contributed by atoms with E-state index in [2.05, 4.69) is 15.5 Å². The Labute approximate surface area is 285 Å². The number of β-lactam (4-membered cyclic amide) rings is 1. The number of amides is 2. The van der Waals surface area contributed by atoms with Gasteiger partial charge in [0.25, 0.3) is 11.8 Å². The number of fused-ring (bicyclic) bond motifs is 2. The van der Waals surface area contributed by atoms with Crippen molar-refractivity contribution in [2.75, 3.05) is 11.5 Å². The van der Waals surface area contributed by atoms with E-state index in [0.29, 0.717) is 12.1 Å². The van der Waals surface area contributed by atoms with Crippen LogP contribution in [0.2, 0.25) is 0 Å². The highest BCUT2D eigenvalue weighted by Crippen LogP contribution is 2.40. The smallest absolute Gasteiger partial charge is 0.352 e. The molecule has 17 heteroatoms. The van der Waals surface area contributed by atoms with Crippen LogP contribution in [0.15, 0.2) is 94.9 Å². The van der Waals surface area contributed by atoms with Gasteiger partial charge in [-0.25, -0.2) is 19.1 Å². The molecule has 2 aromatic heterocycles. The van der Waals surface area contributed by atoms with E-state index in [1.54, 1.807) is 6.08 Å². The van der Waals surface area contributed by atoms with Crippen molar-refractivity contribution >= 4 is 68.5 Å². The van der Waals surface area contributed by atoms with Gasteiger partial charge < -0.3 is 36.3 Å². The van der Waals surface area contributed by atoms with Crippen molar-refractivity contribution in [3.63, 3.8) is 0 Å². The molecule has 250 valence electrons. The molecule has 1 fully saturated rings. The second-order valence-corrected chi connectivity index (χ2v) is 12.8. The number of allylic oxidation sites excluding steroid dienone is 2. The van der Waals surface area contributed by atoms with Crippen LogP contribution in [0.25, 0.3) is 10.8 Å². The van der Waals surface area contributed by atoms with Crippen LogP contribution in [0.4, 0.5) is 5.13 Å². The van der Waals surface area contributed by atoms with E-state index in [0.717, 1.165) is 39.1 Å². The number of benzene rings is 2. The number of pyridine rings is 1. The standard InChI is InChI=1S/C32H26N6O9S2/c33-32-34-20(15-49-32)23(36-47-26(31(45)46)17-7-8-21(39)22(40)12-17)27(41)35-24-28(42)38-25(30(43)44)19(14-48-29(24)38)6-3-10-37-11-9-16-4-1-2-5-18(16)13-37/h1-9,11-13,15,24,26,29H,10,14H2,(H6-,33,34,35,36,39,40,41,43,44,45,46)/p+1. The molecule has 3 unspecified atom stereocenters. The van der Waals surface area contributed by atoms with Gasteiger partial charge >= 0.3 is 11.9 Å². The fourth-order valence-electron chi connectivity index (χ4n) is 5.25. The Hall–Kier alpha value is -5.94. The van der Waals surface area contributed by atoms with Crippen molar-refractivity contribution < 1.29 is 49.0 Å². The van der Waals surface area contributed by atoms with Gasteiger partial charge in [-0.1, -0.05) is 35.5 Å². The first kappa shape index (κ1) is 33.0. The Morgan fingerprint density at radius 2 is 1.92 bits per heavy atom. The van der Waals surface area contributed by atoms with Gasteiger partial charge in [-0.15, -0.1) is 23.1 Å². The van der Waals surface area contributed by atoms with Crippen LogP contribution in [0.3, 0.4) is 0 Å². The Morgan fingerprint density at radius 3 is 2.61 bits per heavy atom. The molecular weight excluding hydrogens is 677 g/mol. The minimum absolute atomic E-state index is 0.0679. The monoisotopic (exact) mass is 703 g/mol. The Bertz CT molecular complexity index is 2100. The molecule has 4 heterocycles. The minimum Gasteiger partial charge on any atom is -0.504 e. The van der Waals surface area contributed by atoms with Crippen LogP contribution < -0.4 is 15.6 Å². The zero-order valence-corrected chi connectivity index (χ0v) is 26.8. The quantitative estimate of drug-likeness (QED) is 0.0434. The number of phenols is 2. The maximum atomic E-state index is 13.5. The van der Waals surface area contributed by atoms with E-state index in [1.807, 2.05) is 53.4 Å². The number of rotatable bonds is 11. The fourth-order valence-corrected chi connectivity index (χ4v) is 7.11. The number of oxime groups is 1. The van der Waals surface area contributed by atoms with Crippen LogP contribution in [0.1, 0.15) is 17.4 Å². The molecule has 15 nitrogen and oxygen atoms in total. The predicted molar refractivity (Wildman–Crippen MR) is 177 cm³/mol. The lowest BCUT2D eigenvalue weighted by atomic mass is 10.0. The summed E-state index contributed by atoms with van der Waals surface area (Å²) < 4.78 is 1.95. The number of thioether (sulfide) groups is 1. The number of thiazole rings is 1. The third kappa shape index (κ3) is 6.74. The summed E-state index contributed by atoms with van der Waals surface area (Å²) >= 11 is 2.23. The van der Waals surface area contributed by atoms with E-state index in [1.165, 1.54) is 23.2 Å². The summed E-state index contributed by atoms with van der Waals surface area (Å²) in [7, 11) is 0. The number of aromatic hydroxyl groups is 2. The number of aliphatic carboxylic acids is 2. The van der Waals surface area contributed by atoms with Gasteiger partial charge in [0.15, 0.2) is 41.3 Å². The number of carboxylic acids is 2. The maximum absolute atomic E-state index is 13.5. The highest BCUT2D eigenvalue weighted by molar-refractivity contribution is 8.00. The number of nitrogens with two attached hydrogens (primary N) is 1. The lowest BCUT2D eigenvalue weighted by Crippen LogP contribution is -2.71. The number of anilines is 1. The summed E-state index contributed by atoms with van der Waals surface area (Å²) in [5, 5.41) is 48.3. The molecule has 4 aromatic rings. The van der Waals surface area contributed by atoms with Gasteiger partial charge in [0.1, 0.15) is 22.8 Å². The van der Waals surface area contributed by atoms with Crippen molar-refractivity contribution in [1.29, 1.82) is 0 Å². The fraction of sp³-hybridized carbons (Fsp3) is 0.156. The SMILES string of the molecule is Nc1nc(C(=NOC(C(=O)O)c2ccc(O)c(O)c2)C(=O)NC2C(=O)N3C(C(=O)O)=C(C=CC[n+]4ccc5ccccc5c4)CSC23)cs1. The number of nitrogen functional groups attached to an aromatic ring is 1. The molecule has 2 aliphatic heterocycles. The van der Waals surface area contributed by atoms with Crippen molar-refractivity contribution in [1.82, 2.24) is 15.2 Å². The maximum Gasteiger partial charge on any atom is 0.352 e. The Balaban J connectivity index is 1.19. The summed E-state index contributed by atoms with van der Waals surface area (Å²) in [5.74, 6) is -5.29. The van der Waals surface area contributed by atoms with Gasteiger partial charge in [0.2, 0.25) is 6.10 Å². The van der Waals surface area contributed by atoms with Crippen molar-refractivity contribution in [3.8, 4) is 11.5 Å². The van der Waals surface area contributed by atoms with E-state index in [9.17, 15) is 39.6 Å². The normalized spacial score (nSPS) is 18.2. The third-order valence-corrected chi connectivity index (χ3v) is 9.60. The first-order valence-electron chi connectivity index (χ1n) is 14.5. The molecule has 2 aliphatic rings. The molecule has 2 aromatic carbocycles. The molecule has 6 rings (SSSR count). The Morgan fingerprint density at radius 1 is 1.14 bits per heavy atom. The van der Waals surface area contributed by atoms with E-state index in [4.69, 9.17) is 10.6 Å². The summed E-state index contributed by atoms with van der Waals surface area (Å²) in [6.45, 7) is 0.462. The summed E-state index contributed by atoms with van der Waals surface area (Å²) in [6.07, 6.45) is 5.57. The molecule has 0 aliphatic carbocycles. The number of aromatic nitrogens is 2. The van der Waals surface area contributed by atoms with Crippen LogP contribution >= 0.6 is 23.1 Å². The predicted octanol–water partition coefficient (Wildman–Crippen LogP) is 2.12. The average Bonchev–Trinajstić information content (AvgIpc) is 3.51. The number of nitrogens with zero attached hydrogens (tertiary/aromatic N) is 4. The summed E-state index contributed by atoms with van der Waals surface area (Å²) in [6, 6.07) is 11.9. The van der Waals surface area contributed by atoms with Crippen LogP contribution in [0.5, 0.6) is 11.5 Å². The molecule has 0 bridgehead atoms. The molecule has 49 heavy (non-hydrogen) atoms. The summed E-state index contributed by atoms with van der Waals surface area (Å²) in [4.78, 5) is 61.5. The first-order valence-corrected chi connectivity index (χ1v) is 16.4. The highest BCUT2D eigenvalue weighted by Gasteiger charge is 2.54. The highest BCUT2D eigenvalue weighted by atomic mass is 32.2. The number of phenolic OH excluding ortho intramolecular Hbond substituents is 2. The van der Waals surface area contributed by atoms with Crippen LogP contribution in [-0.4, -0.2) is 76.9 Å². The number of carbonyl (C=O) groups excluding carboxylic acids is 2. The average molecular weight is 704 g/mol. The molecule has 3 atom stereocenters. The molecule has 0 spiro atoms. The van der Waals surface area contributed by atoms with E-state index in [-0.39, 0.29) is 27.8 Å². The van der Waals surface area contributed by atoms with Crippen LogP contribution in [-0.2, 0) is 30.6 Å². The van der Waals surface area contributed by atoms with E-state index < -0.39 is 58.5 Å². The zero-order valence-electron chi connectivity index (χ0n) is 25.2. The molecule has 7 N–H and O–H groups in total. The number of nitrogens with one attached hydrogen (secondary N) is 1. The first-order chi connectivity index (χ1) is 23.5. The molecule has 1 saturated heterocycles. The molecule has 0 saturated carbocycles. The van der Waals surface area contributed by atoms with Crippen molar-refractivity contribution in [3.05, 3.63) is 101 Å². The number of hydrogen-bond acceptors (Lipinski definition) is 12. The third-order valence-electron chi connectivity index (χ3n) is 7.62. The number of carboxylic acid groups (broad SMARTS) is 2. The van der Waals surface area contributed by atoms with Gasteiger partial charge in [0.05, 0.1) is 0 Å². The molecule has 2 amide bonds. The number of hydrogen-bond donors (Lipinski definition) is 6. The van der Waals surface area contributed by atoms with Gasteiger partial charge in [0, 0.05) is 28.1 Å². The Kier molecular flexibility index (Phi) is 9.19. The minimum atomic E-state index is -1.81. The van der Waals surface area contributed by atoms with Gasteiger partial charge in [-0.05, 0) is 35.2 Å². The molecular formula is C32H27N6O9S2+. The lowest BCUT2D eigenvalue weighted by Gasteiger charge is -2.49.